The summed E-state index contributed by atoms with van der Waals surface area (Å²) in [6, 6.07) is 12.1. The summed E-state index contributed by atoms with van der Waals surface area (Å²) in [6.45, 7) is 1.74. The number of urea groups is 1. The van der Waals surface area contributed by atoms with Crippen LogP contribution in [0.5, 0.6) is 0 Å². The van der Waals surface area contributed by atoms with Crippen molar-refractivity contribution in [1.29, 1.82) is 5.26 Å². The minimum atomic E-state index is -4.91. The maximum absolute atomic E-state index is 13.7. The second-order valence-electron chi connectivity index (χ2n) is 8.64. The SMILES string of the molecule is N#Cc1cncc(-c2ccc(N(CCN3CC[C@@H](O)C3)C(=O)Nc3ccc(F)c(C(F)(F)F)c3)cc2)c1. The third kappa shape index (κ3) is 6.41. The molecule has 1 fully saturated rings. The summed E-state index contributed by atoms with van der Waals surface area (Å²) in [5, 5.41) is 21.3. The summed E-state index contributed by atoms with van der Waals surface area (Å²) in [6.07, 6.45) is -1.69. The van der Waals surface area contributed by atoms with E-state index in [1.807, 2.05) is 11.0 Å². The Balaban J connectivity index is 1.58. The number of carbonyl (C=O) groups excluding carboxylic acids is 1. The maximum atomic E-state index is 13.7. The third-order valence-corrected chi connectivity index (χ3v) is 6.04. The van der Waals surface area contributed by atoms with Crippen LogP contribution in [-0.4, -0.2) is 53.3 Å². The monoisotopic (exact) mass is 513 g/mol. The molecule has 37 heavy (non-hydrogen) atoms. The molecule has 1 aliphatic rings. The topological polar surface area (TPSA) is 92.5 Å². The van der Waals surface area contributed by atoms with E-state index in [1.54, 1.807) is 36.5 Å². The zero-order chi connectivity index (χ0) is 26.6. The second-order valence-corrected chi connectivity index (χ2v) is 8.64. The van der Waals surface area contributed by atoms with E-state index in [1.165, 1.54) is 11.1 Å². The number of anilines is 2. The van der Waals surface area contributed by atoms with Gasteiger partial charge >= 0.3 is 12.2 Å². The van der Waals surface area contributed by atoms with Crippen molar-refractivity contribution in [2.24, 2.45) is 0 Å². The molecule has 0 spiro atoms. The molecule has 11 heteroatoms. The fourth-order valence-corrected chi connectivity index (χ4v) is 4.11. The van der Waals surface area contributed by atoms with E-state index in [2.05, 4.69) is 10.3 Å². The first kappa shape index (κ1) is 26.1. The van der Waals surface area contributed by atoms with E-state index in [9.17, 15) is 27.5 Å². The van der Waals surface area contributed by atoms with Crippen LogP contribution in [0.2, 0.25) is 0 Å². The molecule has 2 aromatic carbocycles. The van der Waals surface area contributed by atoms with Crippen LogP contribution in [0.3, 0.4) is 0 Å². The smallest absolute Gasteiger partial charge is 0.392 e. The van der Waals surface area contributed by atoms with Crippen LogP contribution in [0.25, 0.3) is 11.1 Å². The Morgan fingerprint density at radius 2 is 1.92 bits per heavy atom. The zero-order valence-electron chi connectivity index (χ0n) is 19.5. The van der Waals surface area contributed by atoms with Gasteiger partial charge in [0.05, 0.1) is 17.2 Å². The molecule has 7 nitrogen and oxygen atoms in total. The van der Waals surface area contributed by atoms with Crippen LogP contribution in [0.15, 0.2) is 60.9 Å². The van der Waals surface area contributed by atoms with E-state index >= 15 is 0 Å². The third-order valence-electron chi connectivity index (χ3n) is 6.04. The Hall–Kier alpha value is -4.01. The number of carbonyl (C=O) groups is 1. The Bertz CT molecular complexity index is 1310. The average Bonchev–Trinajstić information content (AvgIpc) is 3.30. The van der Waals surface area contributed by atoms with Gasteiger partial charge in [0.25, 0.3) is 0 Å². The number of hydrogen-bond acceptors (Lipinski definition) is 5. The van der Waals surface area contributed by atoms with Crippen molar-refractivity contribution in [3.05, 3.63) is 77.9 Å². The first-order valence-corrected chi connectivity index (χ1v) is 11.5. The maximum Gasteiger partial charge on any atom is 0.419 e. The van der Waals surface area contributed by atoms with Crippen LogP contribution >= 0.6 is 0 Å². The standard InChI is InChI=1S/C26H23F4N5O2/c27-24-6-3-20(12-23(24)26(28,29)30)33-25(37)35(10-9-34-8-7-22(36)16-34)21-4-1-18(2-5-21)19-11-17(13-31)14-32-15-19/h1-6,11-12,14-15,22,36H,7-10,16H2,(H,33,37)/t22-/m1/s1. The highest BCUT2D eigenvalue weighted by Crippen LogP contribution is 2.33. The molecule has 4 rings (SSSR count). The number of β-amino-alcohol motifs (C(OH)–C–C–N with tert-alkyl or cyclic N) is 1. The number of amides is 2. The summed E-state index contributed by atoms with van der Waals surface area (Å²) in [4.78, 5) is 20.6. The largest absolute Gasteiger partial charge is 0.419 e. The second kappa shape index (κ2) is 10.9. The molecule has 1 aliphatic heterocycles. The number of pyridine rings is 1. The van der Waals surface area contributed by atoms with E-state index in [0.717, 1.165) is 11.6 Å². The van der Waals surface area contributed by atoms with Gasteiger partial charge in [0.2, 0.25) is 0 Å². The molecule has 0 radical (unpaired) electrons. The molecule has 2 N–H and O–H groups in total. The summed E-state index contributed by atoms with van der Waals surface area (Å²) in [5.74, 6) is -1.43. The molecule has 3 aromatic rings. The molecular weight excluding hydrogens is 490 g/mol. The van der Waals surface area contributed by atoms with Crippen LogP contribution in [-0.2, 0) is 6.18 Å². The fourth-order valence-electron chi connectivity index (χ4n) is 4.11. The number of rotatable bonds is 6. The van der Waals surface area contributed by atoms with Crippen molar-refractivity contribution in [2.45, 2.75) is 18.7 Å². The molecule has 0 saturated carbocycles. The van der Waals surface area contributed by atoms with Gasteiger partial charge in [-0.15, -0.1) is 0 Å². The Kier molecular flexibility index (Phi) is 7.71. The highest BCUT2D eigenvalue weighted by atomic mass is 19.4. The molecule has 1 atom stereocenters. The quantitative estimate of drug-likeness (QED) is 0.459. The van der Waals surface area contributed by atoms with Gasteiger partial charge in [-0.2, -0.15) is 18.4 Å². The molecule has 1 saturated heterocycles. The summed E-state index contributed by atoms with van der Waals surface area (Å²) in [5.41, 5.74) is 0.664. The minimum Gasteiger partial charge on any atom is -0.392 e. The molecular formula is C26H23F4N5O2. The number of aliphatic hydroxyl groups is 1. The number of benzene rings is 2. The van der Waals surface area contributed by atoms with Crippen LogP contribution in [0.4, 0.5) is 33.7 Å². The Morgan fingerprint density at radius 1 is 1.16 bits per heavy atom. The molecule has 0 bridgehead atoms. The molecule has 0 unspecified atom stereocenters. The molecule has 2 amide bonds. The number of nitrogens with one attached hydrogen (secondary N) is 1. The van der Waals surface area contributed by atoms with Gasteiger partial charge in [0.1, 0.15) is 11.9 Å². The normalized spacial score (nSPS) is 15.8. The van der Waals surface area contributed by atoms with Crippen molar-refractivity contribution < 1.29 is 27.5 Å². The van der Waals surface area contributed by atoms with Crippen molar-refractivity contribution in [3.8, 4) is 17.2 Å². The van der Waals surface area contributed by atoms with Gasteiger partial charge in [-0.25, -0.2) is 9.18 Å². The van der Waals surface area contributed by atoms with E-state index < -0.39 is 29.7 Å². The van der Waals surface area contributed by atoms with Crippen LogP contribution in [0, 0.1) is 17.1 Å². The van der Waals surface area contributed by atoms with Gasteiger partial charge in [0.15, 0.2) is 0 Å². The number of aliphatic hydroxyl groups excluding tert-OH is 1. The van der Waals surface area contributed by atoms with E-state index in [4.69, 9.17) is 5.26 Å². The molecule has 1 aromatic heterocycles. The van der Waals surface area contributed by atoms with Crippen molar-refractivity contribution in [3.63, 3.8) is 0 Å². The summed E-state index contributed by atoms with van der Waals surface area (Å²) in [7, 11) is 0. The van der Waals surface area contributed by atoms with Crippen molar-refractivity contribution >= 4 is 17.4 Å². The molecule has 2 heterocycles. The van der Waals surface area contributed by atoms with Gasteiger partial charge in [-0.1, -0.05) is 12.1 Å². The first-order valence-electron chi connectivity index (χ1n) is 11.5. The number of likely N-dealkylation sites (tertiary alicyclic amines) is 1. The lowest BCUT2D eigenvalue weighted by Crippen LogP contribution is -2.40. The minimum absolute atomic E-state index is 0.191. The lowest BCUT2D eigenvalue weighted by molar-refractivity contribution is -0.139. The molecule has 0 aliphatic carbocycles. The summed E-state index contributed by atoms with van der Waals surface area (Å²) >= 11 is 0. The van der Waals surface area contributed by atoms with E-state index in [0.29, 0.717) is 55.0 Å². The van der Waals surface area contributed by atoms with Gasteiger partial charge in [-0.3, -0.25) is 14.8 Å². The molecule has 192 valence electrons. The van der Waals surface area contributed by atoms with Crippen molar-refractivity contribution in [2.75, 3.05) is 36.4 Å². The van der Waals surface area contributed by atoms with Gasteiger partial charge in [0, 0.05) is 55.5 Å². The predicted octanol–water partition coefficient (Wildman–Crippen LogP) is 4.88. The number of alkyl halides is 3. The number of hydrogen-bond donors (Lipinski definition) is 2. The van der Waals surface area contributed by atoms with Crippen molar-refractivity contribution in [1.82, 2.24) is 9.88 Å². The summed E-state index contributed by atoms with van der Waals surface area (Å²) < 4.78 is 53.1. The van der Waals surface area contributed by atoms with E-state index in [-0.39, 0.29) is 12.2 Å². The van der Waals surface area contributed by atoms with Gasteiger partial charge < -0.3 is 10.4 Å². The zero-order valence-corrected chi connectivity index (χ0v) is 19.5. The first-order chi connectivity index (χ1) is 17.6. The van der Waals surface area contributed by atoms with Crippen LogP contribution < -0.4 is 10.2 Å². The predicted molar refractivity (Wildman–Crippen MR) is 129 cm³/mol. The number of nitrogens with zero attached hydrogens (tertiary/aromatic N) is 4. The highest BCUT2D eigenvalue weighted by molar-refractivity contribution is 6.02. The lowest BCUT2D eigenvalue weighted by Gasteiger charge is -2.26. The van der Waals surface area contributed by atoms with Gasteiger partial charge in [-0.05, 0) is 48.4 Å². The number of aromatic nitrogens is 1. The Labute approximate surface area is 210 Å². The van der Waals surface area contributed by atoms with Crippen LogP contribution in [0.1, 0.15) is 17.5 Å². The fraction of sp³-hybridized carbons (Fsp3) is 0.269. The number of nitriles is 1. The number of halogens is 4. The lowest BCUT2D eigenvalue weighted by atomic mass is 10.1. The Morgan fingerprint density at radius 3 is 2.57 bits per heavy atom. The average molecular weight is 513 g/mol. The highest BCUT2D eigenvalue weighted by Gasteiger charge is 2.34.